The summed E-state index contributed by atoms with van der Waals surface area (Å²) in [6.07, 6.45) is 1.22. The summed E-state index contributed by atoms with van der Waals surface area (Å²) in [5.74, 6) is 2.43. The van der Waals surface area contributed by atoms with Gasteiger partial charge in [-0.05, 0) is 12.2 Å². The van der Waals surface area contributed by atoms with E-state index in [1.54, 1.807) is 7.11 Å². The minimum atomic E-state index is 0.191. The molecular formula is C8H16O3S. The first-order valence-corrected chi connectivity index (χ1v) is 5.33. The van der Waals surface area contributed by atoms with Gasteiger partial charge >= 0.3 is 0 Å². The van der Waals surface area contributed by atoms with E-state index in [0.29, 0.717) is 12.7 Å². The summed E-state index contributed by atoms with van der Waals surface area (Å²) in [5.41, 5.74) is 0. The zero-order valence-electron chi connectivity index (χ0n) is 7.36. The van der Waals surface area contributed by atoms with Crippen LogP contribution in [0.1, 0.15) is 6.42 Å². The molecule has 0 saturated carbocycles. The van der Waals surface area contributed by atoms with Crippen LogP contribution in [0, 0.1) is 5.92 Å². The van der Waals surface area contributed by atoms with E-state index in [1.807, 2.05) is 11.8 Å². The predicted octanol–water partition coefficient (Wildman–Crippen LogP) is 0.721. The second-order valence-corrected chi connectivity index (χ2v) is 4.07. The first-order chi connectivity index (χ1) is 5.88. The third kappa shape index (κ3) is 2.94. The number of aliphatic hydroxyl groups is 1. The Bertz CT molecular complexity index is 121. The molecule has 72 valence electrons. The molecule has 1 heterocycles. The van der Waals surface area contributed by atoms with E-state index in [-0.39, 0.29) is 12.7 Å². The fourth-order valence-electron chi connectivity index (χ4n) is 1.32. The van der Waals surface area contributed by atoms with E-state index >= 15 is 0 Å². The van der Waals surface area contributed by atoms with Crippen molar-refractivity contribution >= 4 is 11.8 Å². The van der Waals surface area contributed by atoms with E-state index in [0.717, 1.165) is 17.9 Å². The molecule has 1 saturated heterocycles. The molecule has 0 aromatic carbocycles. The highest BCUT2D eigenvalue weighted by Gasteiger charge is 2.25. The Hall–Kier alpha value is 0.230. The van der Waals surface area contributed by atoms with Gasteiger partial charge in [0.2, 0.25) is 0 Å². The number of rotatable bonds is 4. The lowest BCUT2D eigenvalue weighted by molar-refractivity contribution is -0.0956. The number of aliphatic hydroxyl groups excluding tert-OH is 1. The average Bonchev–Trinajstić information content (AvgIpc) is 2.15. The highest BCUT2D eigenvalue weighted by molar-refractivity contribution is 7.99. The molecule has 0 aromatic heterocycles. The van der Waals surface area contributed by atoms with Crippen molar-refractivity contribution in [3.8, 4) is 0 Å². The van der Waals surface area contributed by atoms with Crippen LogP contribution >= 0.6 is 11.8 Å². The highest BCUT2D eigenvalue weighted by atomic mass is 32.2. The quantitative estimate of drug-likeness (QED) is 0.666. The highest BCUT2D eigenvalue weighted by Crippen LogP contribution is 2.25. The maximum absolute atomic E-state index is 9.03. The van der Waals surface area contributed by atoms with Gasteiger partial charge in [0.1, 0.15) is 6.79 Å². The van der Waals surface area contributed by atoms with E-state index < -0.39 is 0 Å². The minimum absolute atomic E-state index is 0.191. The predicted molar refractivity (Wildman–Crippen MR) is 49.3 cm³/mol. The molecular weight excluding hydrogens is 176 g/mol. The standard InChI is InChI=1S/C8H16O3S/c1-10-6-11-8-2-3-12-5-7(8)4-9/h7-9H,2-6H2,1H3/t7-,8+/m1/s1. The van der Waals surface area contributed by atoms with E-state index in [4.69, 9.17) is 14.6 Å². The van der Waals surface area contributed by atoms with Crippen molar-refractivity contribution in [3.05, 3.63) is 0 Å². The lowest BCUT2D eigenvalue weighted by Crippen LogP contribution is -2.33. The van der Waals surface area contributed by atoms with Crippen molar-refractivity contribution in [2.45, 2.75) is 12.5 Å². The van der Waals surface area contributed by atoms with E-state index in [2.05, 4.69) is 0 Å². The number of ether oxygens (including phenoxy) is 2. The third-order valence-electron chi connectivity index (χ3n) is 2.04. The van der Waals surface area contributed by atoms with Crippen LogP contribution in [0.15, 0.2) is 0 Å². The van der Waals surface area contributed by atoms with Crippen LogP contribution in [0.2, 0.25) is 0 Å². The fourth-order valence-corrected chi connectivity index (χ4v) is 2.51. The molecule has 0 unspecified atom stereocenters. The van der Waals surface area contributed by atoms with Gasteiger partial charge in [-0.2, -0.15) is 11.8 Å². The van der Waals surface area contributed by atoms with Gasteiger partial charge < -0.3 is 14.6 Å². The first-order valence-electron chi connectivity index (χ1n) is 4.17. The van der Waals surface area contributed by atoms with Gasteiger partial charge in [0.05, 0.1) is 6.10 Å². The smallest absolute Gasteiger partial charge is 0.146 e. The Kier molecular flexibility index (Phi) is 4.99. The molecule has 0 spiro atoms. The largest absolute Gasteiger partial charge is 0.396 e. The van der Waals surface area contributed by atoms with Crippen molar-refractivity contribution in [2.24, 2.45) is 5.92 Å². The van der Waals surface area contributed by atoms with Crippen LogP contribution in [-0.4, -0.2) is 43.2 Å². The maximum atomic E-state index is 9.03. The molecule has 1 aliphatic heterocycles. The molecule has 1 rings (SSSR count). The molecule has 4 heteroatoms. The normalized spacial score (nSPS) is 30.5. The van der Waals surface area contributed by atoms with Crippen molar-refractivity contribution in [1.29, 1.82) is 0 Å². The van der Waals surface area contributed by atoms with E-state index in [9.17, 15) is 0 Å². The van der Waals surface area contributed by atoms with Crippen LogP contribution < -0.4 is 0 Å². The molecule has 1 fully saturated rings. The molecule has 0 bridgehead atoms. The Morgan fingerprint density at radius 2 is 2.42 bits per heavy atom. The average molecular weight is 192 g/mol. The van der Waals surface area contributed by atoms with Crippen LogP contribution in [0.4, 0.5) is 0 Å². The van der Waals surface area contributed by atoms with Crippen LogP contribution in [0.5, 0.6) is 0 Å². The van der Waals surface area contributed by atoms with Gasteiger partial charge in [0.15, 0.2) is 0 Å². The van der Waals surface area contributed by atoms with Gasteiger partial charge in [-0.25, -0.2) is 0 Å². The van der Waals surface area contributed by atoms with Gasteiger partial charge in [-0.15, -0.1) is 0 Å². The monoisotopic (exact) mass is 192 g/mol. The zero-order chi connectivity index (χ0) is 8.81. The fraction of sp³-hybridized carbons (Fsp3) is 1.00. The molecule has 0 amide bonds. The van der Waals surface area contributed by atoms with Gasteiger partial charge in [0.25, 0.3) is 0 Å². The SMILES string of the molecule is COCO[C@H]1CCSC[C@H]1CO. The number of hydrogen-bond donors (Lipinski definition) is 1. The van der Waals surface area contributed by atoms with Gasteiger partial charge in [0, 0.05) is 25.4 Å². The molecule has 3 nitrogen and oxygen atoms in total. The van der Waals surface area contributed by atoms with Crippen LogP contribution in [0.25, 0.3) is 0 Å². The Morgan fingerprint density at radius 3 is 3.08 bits per heavy atom. The van der Waals surface area contributed by atoms with Crippen molar-refractivity contribution in [3.63, 3.8) is 0 Å². The molecule has 0 aromatic rings. The lowest BCUT2D eigenvalue weighted by atomic mass is 10.0. The number of thioether (sulfide) groups is 1. The molecule has 12 heavy (non-hydrogen) atoms. The molecule has 0 radical (unpaired) electrons. The van der Waals surface area contributed by atoms with Crippen LogP contribution in [-0.2, 0) is 9.47 Å². The second-order valence-electron chi connectivity index (χ2n) is 2.92. The summed E-state index contributed by atoms with van der Waals surface area (Å²) >= 11 is 1.88. The summed E-state index contributed by atoms with van der Waals surface area (Å²) in [4.78, 5) is 0. The Morgan fingerprint density at radius 1 is 1.58 bits per heavy atom. The third-order valence-corrected chi connectivity index (χ3v) is 3.23. The lowest BCUT2D eigenvalue weighted by Gasteiger charge is -2.29. The van der Waals surface area contributed by atoms with E-state index in [1.165, 1.54) is 0 Å². The molecule has 1 N–H and O–H groups in total. The number of methoxy groups -OCH3 is 1. The Balaban J connectivity index is 2.26. The minimum Gasteiger partial charge on any atom is -0.396 e. The number of hydrogen-bond acceptors (Lipinski definition) is 4. The first kappa shape index (κ1) is 10.3. The molecule has 0 aliphatic carbocycles. The summed E-state index contributed by atoms with van der Waals surface area (Å²) in [5, 5.41) is 9.03. The summed E-state index contributed by atoms with van der Waals surface area (Å²) in [6, 6.07) is 0. The van der Waals surface area contributed by atoms with Gasteiger partial charge in [-0.1, -0.05) is 0 Å². The van der Waals surface area contributed by atoms with Crippen LogP contribution in [0.3, 0.4) is 0 Å². The maximum Gasteiger partial charge on any atom is 0.146 e. The van der Waals surface area contributed by atoms with Crippen molar-refractivity contribution < 1.29 is 14.6 Å². The van der Waals surface area contributed by atoms with Crippen molar-refractivity contribution in [2.75, 3.05) is 32.0 Å². The summed E-state index contributed by atoms with van der Waals surface area (Å²) in [6.45, 7) is 0.563. The summed E-state index contributed by atoms with van der Waals surface area (Å²) in [7, 11) is 1.62. The molecule has 1 aliphatic rings. The topological polar surface area (TPSA) is 38.7 Å². The summed E-state index contributed by atoms with van der Waals surface area (Å²) < 4.78 is 10.3. The van der Waals surface area contributed by atoms with Crippen molar-refractivity contribution in [1.82, 2.24) is 0 Å². The second kappa shape index (κ2) is 5.80. The van der Waals surface area contributed by atoms with Gasteiger partial charge in [-0.3, -0.25) is 0 Å². The molecule has 2 atom stereocenters. The Labute approximate surface area is 77.4 Å². The zero-order valence-corrected chi connectivity index (χ0v) is 8.18.